The number of benzene rings is 2. The van der Waals surface area contributed by atoms with Gasteiger partial charge in [0.1, 0.15) is 5.82 Å². The first-order valence-electron chi connectivity index (χ1n) is 9.17. The van der Waals surface area contributed by atoms with E-state index in [0.717, 1.165) is 42.4 Å². The minimum Gasteiger partial charge on any atom is -0.396 e. The van der Waals surface area contributed by atoms with Crippen molar-refractivity contribution in [2.24, 2.45) is 5.41 Å². The second kappa shape index (κ2) is 7.58. The van der Waals surface area contributed by atoms with E-state index in [-0.39, 0.29) is 23.7 Å². The number of hydrogen-bond donors (Lipinski definition) is 1. The molecule has 2 aromatic rings. The van der Waals surface area contributed by atoms with Gasteiger partial charge in [-0.3, -0.25) is 4.79 Å². The van der Waals surface area contributed by atoms with E-state index in [0.29, 0.717) is 12.1 Å². The Bertz CT molecular complexity index is 796. The summed E-state index contributed by atoms with van der Waals surface area (Å²) >= 11 is 0. The number of rotatable bonds is 5. The third kappa shape index (κ3) is 3.80. The lowest BCUT2D eigenvalue weighted by Crippen LogP contribution is -2.39. The molecule has 0 aromatic heterocycles. The van der Waals surface area contributed by atoms with Crippen LogP contribution in [-0.2, 0) is 0 Å². The van der Waals surface area contributed by atoms with Crippen LogP contribution in [0.15, 0.2) is 42.5 Å². The first-order valence-corrected chi connectivity index (χ1v) is 9.17. The van der Waals surface area contributed by atoms with Crippen LogP contribution in [0.2, 0.25) is 0 Å². The predicted molar refractivity (Wildman–Crippen MR) is 102 cm³/mol. The summed E-state index contributed by atoms with van der Waals surface area (Å²) < 4.78 is 13.4. The summed E-state index contributed by atoms with van der Waals surface area (Å²) in [6, 6.07) is 12.1. The molecule has 0 unspecified atom stereocenters. The Labute approximate surface area is 154 Å². The molecule has 1 fully saturated rings. The molecule has 4 heteroatoms. The number of carbonyl (C=O) groups is 1. The number of aryl methyl sites for hydroxylation is 1. The van der Waals surface area contributed by atoms with Crippen molar-refractivity contribution in [1.29, 1.82) is 0 Å². The van der Waals surface area contributed by atoms with Crippen LogP contribution in [0.1, 0.15) is 41.6 Å². The number of nitrogens with zero attached hydrogens (tertiary/aromatic N) is 1. The molecule has 0 heterocycles. The van der Waals surface area contributed by atoms with Crippen LogP contribution in [0.4, 0.5) is 4.39 Å². The summed E-state index contributed by atoms with van der Waals surface area (Å²) in [5.74, 6) is -0.310. The van der Waals surface area contributed by atoms with E-state index in [1.54, 1.807) is 18.0 Å². The van der Waals surface area contributed by atoms with E-state index in [1.807, 2.05) is 31.2 Å². The molecule has 0 saturated heterocycles. The average molecular weight is 355 g/mol. The molecule has 0 atom stereocenters. The highest BCUT2D eigenvalue weighted by Gasteiger charge is 2.35. The van der Waals surface area contributed by atoms with Gasteiger partial charge in [0, 0.05) is 24.6 Å². The fraction of sp³-hybridized carbons (Fsp3) is 0.409. The van der Waals surface area contributed by atoms with Crippen LogP contribution in [-0.4, -0.2) is 36.1 Å². The Balaban J connectivity index is 1.82. The first-order chi connectivity index (χ1) is 12.4. The topological polar surface area (TPSA) is 40.5 Å². The molecule has 138 valence electrons. The number of amides is 1. The predicted octanol–water partition coefficient (Wildman–Crippen LogP) is 4.43. The van der Waals surface area contributed by atoms with Gasteiger partial charge in [0.05, 0.1) is 6.61 Å². The summed E-state index contributed by atoms with van der Waals surface area (Å²) in [5.41, 5.74) is 3.12. The zero-order valence-electron chi connectivity index (χ0n) is 15.5. The summed E-state index contributed by atoms with van der Waals surface area (Å²) in [4.78, 5) is 14.6. The van der Waals surface area contributed by atoms with Crippen molar-refractivity contribution in [2.45, 2.75) is 32.6 Å². The van der Waals surface area contributed by atoms with Crippen molar-refractivity contribution in [1.82, 2.24) is 4.90 Å². The minimum atomic E-state index is -0.260. The molecule has 0 spiro atoms. The largest absolute Gasteiger partial charge is 0.396 e. The van der Waals surface area contributed by atoms with E-state index < -0.39 is 0 Å². The quantitative estimate of drug-likeness (QED) is 0.862. The van der Waals surface area contributed by atoms with Crippen molar-refractivity contribution in [3.8, 4) is 11.1 Å². The van der Waals surface area contributed by atoms with Gasteiger partial charge in [-0.15, -0.1) is 0 Å². The van der Waals surface area contributed by atoms with Crippen molar-refractivity contribution in [3.63, 3.8) is 0 Å². The number of hydrogen-bond acceptors (Lipinski definition) is 2. The van der Waals surface area contributed by atoms with Crippen molar-refractivity contribution in [2.75, 3.05) is 20.2 Å². The maximum absolute atomic E-state index is 13.4. The second-order valence-electron chi connectivity index (χ2n) is 7.57. The van der Waals surface area contributed by atoms with Crippen LogP contribution in [0.5, 0.6) is 0 Å². The van der Waals surface area contributed by atoms with Crippen molar-refractivity contribution in [3.05, 3.63) is 59.4 Å². The van der Waals surface area contributed by atoms with E-state index in [9.17, 15) is 14.3 Å². The molecule has 1 aliphatic carbocycles. The Kier molecular flexibility index (Phi) is 5.42. The standard InChI is InChI=1S/C22H26FNO2/c1-16-12-19(23)8-9-20(16)17-6-5-7-18(13-17)21(26)24(2)14-22(15-25)10-3-4-11-22/h5-9,12-13,25H,3-4,10-11,14-15H2,1-2H3. The van der Waals surface area contributed by atoms with E-state index in [2.05, 4.69) is 0 Å². The van der Waals surface area contributed by atoms with Gasteiger partial charge in [0.25, 0.3) is 5.91 Å². The highest BCUT2D eigenvalue weighted by atomic mass is 19.1. The van der Waals surface area contributed by atoms with Crippen LogP contribution in [0.25, 0.3) is 11.1 Å². The van der Waals surface area contributed by atoms with Gasteiger partial charge >= 0.3 is 0 Å². The summed E-state index contributed by atoms with van der Waals surface area (Å²) in [7, 11) is 1.80. The van der Waals surface area contributed by atoms with Crippen molar-refractivity contribution >= 4 is 5.91 Å². The fourth-order valence-electron chi connectivity index (χ4n) is 4.06. The van der Waals surface area contributed by atoms with Gasteiger partial charge in [-0.2, -0.15) is 0 Å². The van der Waals surface area contributed by atoms with Gasteiger partial charge in [-0.05, 0) is 60.7 Å². The Morgan fingerprint density at radius 3 is 2.58 bits per heavy atom. The molecule has 1 N–H and O–H groups in total. The molecule has 1 aliphatic rings. The summed E-state index contributed by atoms with van der Waals surface area (Å²) in [5, 5.41) is 9.79. The van der Waals surface area contributed by atoms with Crippen LogP contribution < -0.4 is 0 Å². The SMILES string of the molecule is Cc1cc(F)ccc1-c1cccc(C(=O)N(C)CC2(CO)CCCC2)c1. The van der Waals surface area contributed by atoms with Crippen LogP contribution in [0, 0.1) is 18.2 Å². The molecule has 0 radical (unpaired) electrons. The molecule has 1 amide bonds. The number of halogens is 1. The summed E-state index contributed by atoms with van der Waals surface area (Å²) in [6.45, 7) is 2.56. The van der Waals surface area contributed by atoms with Gasteiger partial charge in [-0.25, -0.2) is 4.39 Å². The lowest BCUT2D eigenvalue weighted by atomic mass is 9.86. The molecule has 0 aliphatic heterocycles. The first kappa shape index (κ1) is 18.6. The lowest BCUT2D eigenvalue weighted by Gasteiger charge is -2.32. The smallest absolute Gasteiger partial charge is 0.253 e. The number of carbonyl (C=O) groups excluding carboxylic acids is 1. The zero-order chi connectivity index (χ0) is 18.7. The van der Waals surface area contributed by atoms with E-state index in [4.69, 9.17) is 0 Å². The Morgan fingerprint density at radius 2 is 1.92 bits per heavy atom. The van der Waals surface area contributed by atoms with Crippen LogP contribution in [0.3, 0.4) is 0 Å². The Morgan fingerprint density at radius 1 is 1.19 bits per heavy atom. The zero-order valence-corrected chi connectivity index (χ0v) is 15.5. The highest BCUT2D eigenvalue weighted by Crippen LogP contribution is 2.38. The summed E-state index contributed by atoms with van der Waals surface area (Å²) in [6.07, 6.45) is 4.16. The Hall–Kier alpha value is -2.20. The minimum absolute atomic E-state index is 0.0497. The molecule has 26 heavy (non-hydrogen) atoms. The van der Waals surface area contributed by atoms with Gasteiger partial charge in [0.2, 0.25) is 0 Å². The molecule has 2 aromatic carbocycles. The third-order valence-electron chi connectivity index (χ3n) is 5.53. The maximum atomic E-state index is 13.4. The van der Waals surface area contributed by atoms with E-state index in [1.165, 1.54) is 12.1 Å². The third-order valence-corrected chi connectivity index (χ3v) is 5.53. The maximum Gasteiger partial charge on any atom is 0.253 e. The van der Waals surface area contributed by atoms with Gasteiger partial charge in [-0.1, -0.05) is 31.0 Å². The molecule has 3 nitrogen and oxygen atoms in total. The molecule has 1 saturated carbocycles. The molecule has 0 bridgehead atoms. The number of aliphatic hydroxyl groups excluding tert-OH is 1. The van der Waals surface area contributed by atoms with Gasteiger partial charge in [0.15, 0.2) is 0 Å². The fourth-order valence-corrected chi connectivity index (χ4v) is 4.06. The highest BCUT2D eigenvalue weighted by molar-refractivity contribution is 5.95. The monoisotopic (exact) mass is 355 g/mol. The normalized spacial score (nSPS) is 15.8. The second-order valence-corrected chi connectivity index (χ2v) is 7.57. The molecular weight excluding hydrogens is 329 g/mol. The van der Waals surface area contributed by atoms with Gasteiger partial charge < -0.3 is 10.0 Å². The number of aliphatic hydroxyl groups is 1. The van der Waals surface area contributed by atoms with Crippen molar-refractivity contribution < 1.29 is 14.3 Å². The molecule has 3 rings (SSSR count). The van der Waals surface area contributed by atoms with Crippen LogP contribution >= 0.6 is 0 Å². The average Bonchev–Trinajstić information content (AvgIpc) is 3.10. The molecular formula is C22H26FNO2. The van der Waals surface area contributed by atoms with E-state index >= 15 is 0 Å². The lowest BCUT2D eigenvalue weighted by molar-refractivity contribution is 0.0595.